The summed E-state index contributed by atoms with van der Waals surface area (Å²) < 4.78 is 26.4. The van der Waals surface area contributed by atoms with E-state index in [0.29, 0.717) is 11.3 Å². The van der Waals surface area contributed by atoms with Crippen LogP contribution in [-0.4, -0.2) is 19.2 Å². The fraction of sp³-hybridized carbons (Fsp3) is 0. The van der Waals surface area contributed by atoms with Crippen molar-refractivity contribution in [2.75, 3.05) is 4.72 Å². The number of amidine groups is 1. The number of nitrogens with two attached hydrogens (primary N) is 1. The van der Waals surface area contributed by atoms with Gasteiger partial charge in [0.25, 0.3) is 10.0 Å². The van der Waals surface area contributed by atoms with Gasteiger partial charge in [-0.05, 0) is 36.4 Å². The minimum Gasteiger partial charge on any atom is -0.384 e. The van der Waals surface area contributed by atoms with Gasteiger partial charge in [0.1, 0.15) is 10.7 Å². The molecule has 0 saturated carbocycles. The molecule has 0 bridgehead atoms. The van der Waals surface area contributed by atoms with E-state index in [1.165, 1.54) is 18.5 Å². The summed E-state index contributed by atoms with van der Waals surface area (Å²) in [6, 6.07) is 9.24. The third-order valence-electron chi connectivity index (χ3n) is 2.39. The van der Waals surface area contributed by atoms with Gasteiger partial charge in [0.05, 0.1) is 0 Å². The van der Waals surface area contributed by atoms with Crippen LogP contribution in [0.2, 0.25) is 0 Å². The summed E-state index contributed by atoms with van der Waals surface area (Å²) in [5.74, 6) is -0.0679. The van der Waals surface area contributed by atoms with Crippen molar-refractivity contribution in [2.45, 2.75) is 4.90 Å². The van der Waals surface area contributed by atoms with E-state index < -0.39 is 10.0 Å². The SMILES string of the molecule is N=C(N)c1ccc(NS(=O)(=O)c2cccnc2)cc1. The first-order chi connectivity index (χ1) is 8.99. The van der Waals surface area contributed by atoms with Gasteiger partial charge < -0.3 is 5.73 Å². The number of sulfonamides is 1. The van der Waals surface area contributed by atoms with Gasteiger partial charge in [-0.3, -0.25) is 15.1 Å². The predicted molar refractivity (Wildman–Crippen MR) is 72.5 cm³/mol. The van der Waals surface area contributed by atoms with Crippen LogP contribution in [0.25, 0.3) is 0 Å². The number of nitrogens with one attached hydrogen (secondary N) is 2. The lowest BCUT2D eigenvalue weighted by Crippen LogP contribution is -2.14. The second-order valence-corrected chi connectivity index (χ2v) is 5.47. The van der Waals surface area contributed by atoms with E-state index in [4.69, 9.17) is 11.1 Å². The summed E-state index contributed by atoms with van der Waals surface area (Å²) in [6.45, 7) is 0. The lowest BCUT2D eigenvalue weighted by atomic mass is 10.2. The van der Waals surface area contributed by atoms with Crippen LogP contribution >= 0.6 is 0 Å². The quantitative estimate of drug-likeness (QED) is 0.575. The highest BCUT2D eigenvalue weighted by Gasteiger charge is 2.13. The van der Waals surface area contributed by atoms with E-state index in [1.807, 2.05) is 0 Å². The van der Waals surface area contributed by atoms with Crippen molar-refractivity contribution in [2.24, 2.45) is 5.73 Å². The van der Waals surface area contributed by atoms with Crippen LogP contribution in [0.1, 0.15) is 5.56 Å². The Morgan fingerprint density at radius 2 is 1.89 bits per heavy atom. The molecule has 0 unspecified atom stereocenters. The molecule has 7 heteroatoms. The number of pyridine rings is 1. The van der Waals surface area contributed by atoms with Gasteiger partial charge in [0.2, 0.25) is 0 Å². The first-order valence-corrected chi connectivity index (χ1v) is 6.85. The maximum atomic E-state index is 12.0. The lowest BCUT2D eigenvalue weighted by Gasteiger charge is -2.08. The van der Waals surface area contributed by atoms with Gasteiger partial charge in [-0.15, -0.1) is 0 Å². The Bertz CT molecular complexity index is 681. The van der Waals surface area contributed by atoms with Crippen LogP contribution < -0.4 is 10.5 Å². The number of nitrogens with zero attached hydrogens (tertiary/aromatic N) is 1. The minimum absolute atomic E-state index is 0.0679. The molecule has 0 amide bonds. The molecule has 4 N–H and O–H groups in total. The van der Waals surface area contributed by atoms with Crippen LogP contribution in [-0.2, 0) is 10.0 Å². The van der Waals surface area contributed by atoms with E-state index in [-0.39, 0.29) is 10.7 Å². The van der Waals surface area contributed by atoms with Gasteiger partial charge in [-0.25, -0.2) is 8.42 Å². The Morgan fingerprint density at radius 3 is 2.42 bits per heavy atom. The highest BCUT2D eigenvalue weighted by Crippen LogP contribution is 2.15. The van der Waals surface area contributed by atoms with E-state index >= 15 is 0 Å². The van der Waals surface area contributed by atoms with Crippen LogP contribution in [0.3, 0.4) is 0 Å². The van der Waals surface area contributed by atoms with Gasteiger partial charge in [0, 0.05) is 23.6 Å². The molecular weight excluding hydrogens is 264 g/mol. The summed E-state index contributed by atoms with van der Waals surface area (Å²) in [6.07, 6.45) is 2.77. The molecule has 1 heterocycles. The maximum Gasteiger partial charge on any atom is 0.263 e. The van der Waals surface area contributed by atoms with Crippen LogP contribution in [0, 0.1) is 5.41 Å². The molecule has 0 saturated heterocycles. The molecule has 0 aliphatic heterocycles. The molecule has 0 aliphatic carbocycles. The standard InChI is InChI=1S/C12H12N4O2S/c13-12(14)9-3-5-10(6-4-9)16-19(17,18)11-2-1-7-15-8-11/h1-8,16H,(H3,13,14). The third-order valence-corrected chi connectivity index (χ3v) is 3.76. The number of anilines is 1. The zero-order valence-corrected chi connectivity index (χ0v) is 10.7. The van der Waals surface area contributed by atoms with E-state index in [1.54, 1.807) is 30.3 Å². The first kappa shape index (κ1) is 13.0. The van der Waals surface area contributed by atoms with Crippen molar-refractivity contribution < 1.29 is 8.42 Å². The van der Waals surface area contributed by atoms with Crippen LogP contribution in [0.15, 0.2) is 53.7 Å². The van der Waals surface area contributed by atoms with Gasteiger partial charge in [-0.1, -0.05) is 0 Å². The predicted octanol–water partition coefficient (Wildman–Crippen LogP) is 1.17. The van der Waals surface area contributed by atoms with Crippen molar-refractivity contribution in [3.05, 3.63) is 54.4 Å². The monoisotopic (exact) mass is 276 g/mol. The highest BCUT2D eigenvalue weighted by molar-refractivity contribution is 7.92. The van der Waals surface area contributed by atoms with E-state index in [9.17, 15) is 8.42 Å². The summed E-state index contributed by atoms with van der Waals surface area (Å²) in [7, 11) is -3.64. The van der Waals surface area contributed by atoms with E-state index in [2.05, 4.69) is 9.71 Å². The molecule has 0 spiro atoms. The summed E-state index contributed by atoms with van der Waals surface area (Å²) in [5, 5.41) is 7.25. The summed E-state index contributed by atoms with van der Waals surface area (Å²) >= 11 is 0. The normalized spacial score (nSPS) is 10.9. The van der Waals surface area contributed by atoms with Crippen molar-refractivity contribution in [3.63, 3.8) is 0 Å². The molecule has 19 heavy (non-hydrogen) atoms. The second-order valence-electron chi connectivity index (χ2n) is 3.79. The van der Waals surface area contributed by atoms with Crippen LogP contribution in [0.4, 0.5) is 5.69 Å². The zero-order valence-electron chi connectivity index (χ0n) is 9.87. The Balaban J connectivity index is 2.24. The maximum absolute atomic E-state index is 12.0. The van der Waals surface area contributed by atoms with Crippen molar-refractivity contribution in [1.29, 1.82) is 5.41 Å². The fourth-order valence-corrected chi connectivity index (χ4v) is 2.46. The largest absolute Gasteiger partial charge is 0.384 e. The molecule has 98 valence electrons. The molecular formula is C12H12N4O2S. The van der Waals surface area contributed by atoms with Crippen molar-refractivity contribution >= 4 is 21.5 Å². The number of benzene rings is 1. The summed E-state index contributed by atoms with van der Waals surface area (Å²) in [4.78, 5) is 3.85. The lowest BCUT2D eigenvalue weighted by molar-refractivity contribution is 0.601. The van der Waals surface area contributed by atoms with E-state index in [0.717, 1.165) is 0 Å². The Hall–Kier alpha value is -2.41. The number of aromatic nitrogens is 1. The molecule has 0 fully saturated rings. The molecule has 2 rings (SSSR count). The average molecular weight is 276 g/mol. The topological polar surface area (TPSA) is 109 Å². The van der Waals surface area contributed by atoms with Gasteiger partial charge in [0.15, 0.2) is 0 Å². The molecule has 6 nitrogen and oxygen atoms in total. The average Bonchev–Trinajstić information content (AvgIpc) is 2.40. The molecule has 1 aromatic heterocycles. The molecule has 0 aliphatic rings. The smallest absolute Gasteiger partial charge is 0.263 e. The Labute approximate surface area is 110 Å². The fourth-order valence-electron chi connectivity index (χ4n) is 1.44. The minimum atomic E-state index is -3.64. The second kappa shape index (κ2) is 5.07. The number of hydrogen-bond acceptors (Lipinski definition) is 4. The highest BCUT2D eigenvalue weighted by atomic mass is 32.2. The molecule has 0 atom stereocenters. The summed E-state index contributed by atoms with van der Waals surface area (Å²) in [5.41, 5.74) is 6.25. The molecule has 2 aromatic rings. The third kappa shape index (κ3) is 3.08. The molecule has 0 radical (unpaired) electrons. The first-order valence-electron chi connectivity index (χ1n) is 5.36. The Morgan fingerprint density at radius 1 is 1.21 bits per heavy atom. The number of nitrogen functional groups attached to an aromatic ring is 1. The number of rotatable bonds is 4. The van der Waals surface area contributed by atoms with Gasteiger partial charge in [-0.2, -0.15) is 0 Å². The number of hydrogen-bond donors (Lipinski definition) is 3. The zero-order chi connectivity index (χ0) is 13.9. The van der Waals surface area contributed by atoms with Crippen LogP contribution in [0.5, 0.6) is 0 Å². The Kier molecular flexibility index (Phi) is 3.48. The van der Waals surface area contributed by atoms with Crippen molar-refractivity contribution in [1.82, 2.24) is 4.98 Å². The molecule has 1 aromatic carbocycles. The van der Waals surface area contributed by atoms with Gasteiger partial charge >= 0.3 is 0 Å². The van der Waals surface area contributed by atoms with Crippen molar-refractivity contribution in [3.8, 4) is 0 Å².